The van der Waals surface area contributed by atoms with Crippen molar-refractivity contribution < 1.29 is 14.1 Å². The number of aromatic nitrogens is 1. The maximum atomic E-state index is 12.8. The molecule has 3 unspecified atom stereocenters. The van der Waals surface area contributed by atoms with E-state index < -0.39 is 0 Å². The zero-order valence-corrected chi connectivity index (χ0v) is 11.8. The van der Waals surface area contributed by atoms with E-state index in [1.54, 1.807) is 0 Å². The molecule has 5 nitrogen and oxygen atoms in total. The molecule has 3 atom stereocenters. The molecule has 1 amide bonds. The van der Waals surface area contributed by atoms with Crippen LogP contribution in [0.5, 0.6) is 0 Å². The van der Waals surface area contributed by atoms with Gasteiger partial charge in [0.15, 0.2) is 5.76 Å². The van der Waals surface area contributed by atoms with Crippen molar-refractivity contribution >= 4 is 5.91 Å². The second kappa shape index (κ2) is 4.32. The van der Waals surface area contributed by atoms with Gasteiger partial charge in [0.2, 0.25) is 5.91 Å². The van der Waals surface area contributed by atoms with Crippen LogP contribution in [0.25, 0.3) is 0 Å². The summed E-state index contributed by atoms with van der Waals surface area (Å²) in [5.74, 6) is 1.31. The average Bonchev–Trinajstić information content (AvgIpc) is 2.89. The van der Waals surface area contributed by atoms with Crippen LogP contribution in [0.4, 0.5) is 0 Å². The summed E-state index contributed by atoms with van der Waals surface area (Å²) in [6.45, 7) is 4.34. The highest BCUT2D eigenvalue weighted by atomic mass is 16.5. The van der Waals surface area contributed by atoms with Crippen LogP contribution in [0, 0.1) is 18.3 Å². The molecular weight excluding hydrogens is 256 g/mol. The minimum Gasteiger partial charge on any atom is -0.381 e. The van der Waals surface area contributed by atoms with Crippen LogP contribution < -0.4 is 0 Å². The number of likely N-dealkylation sites (tertiary alicyclic amines) is 1. The van der Waals surface area contributed by atoms with Crippen molar-refractivity contribution in [2.45, 2.75) is 38.6 Å². The third kappa shape index (κ3) is 1.79. The van der Waals surface area contributed by atoms with E-state index in [-0.39, 0.29) is 17.4 Å². The fourth-order valence-corrected chi connectivity index (χ4v) is 3.82. The molecule has 4 rings (SSSR count). The zero-order chi connectivity index (χ0) is 13.7. The molecule has 108 valence electrons. The third-order valence-electron chi connectivity index (χ3n) is 5.13. The number of aryl methyl sites for hydroxylation is 1. The molecule has 3 fully saturated rings. The van der Waals surface area contributed by atoms with Gasteiger partial charge in [-0.25, -0.2) is 0 Å². The molecule has 1 aromatic heterocycles. The molecule has 3 heterocycles. The minimum absolute atomic E-state index is 0.0867. The summed E-state index contributed by atoms with van der Waals surface area (Å²) in [7, 11) is 0. The van der Waals surface area contributed by atoms with E-state index >= 15 is 0 Å². The fraction of sp³-hybridized carbons (Fsp3) is 0.733. The predicted molar refractivity (Wildman–Crippen MR) is 70.9 cm³/mol. The number of ether oxygens (including phenoxy) is 1. The molecule has 1 aromatic rings. The number of carbonyl (C=O) groups is 1. The van der Waals surface area contributed by atoms with Gasteiger partial charge in [0.25, 0.3) is 0 Å². The SMILES string of the molecule is Cc1cc(C2CCCN2C(=O)C2CC23CCOC3)on1. The Morgan fingerprint density at radius 1 is 1.55 bits per heavy atom. The van der Waals surface area contributed by atoms with Gasteiger partial charge < -0.3 is 14.2 Å². The molecule has 0 bridgehead atoms. The van der Waals surface area contributed by atoms with Crippen LogP contribution in [-0.4, -0.2) is 35.7 Å². The highest BCUT2D eigenvalue weighted by molar-refractivity contribution is 5.83. The Morgan fingerprint density at radius 3 is 3.15 bits per heavy atom. The van der Waals surface area contributed by atoms with Crippen LogP contribution in [0.1, 0.15) is 43.2 Å². The molecule has 1 aliphatic carbocycles. The van der Waals surface area contributed by atoms with Crippen molar-refractivity contribution in [1.82, 2.24) is 10.1 Å². The van der Waals surface area contributed by atoms with E-state index in [1.165, 1.54) is 0 Å². The Kier molecular flexibility index (Phi) is 2.67. The van der Waals surface area contributed by atoms with Gasteiger partial charge in [0, 0.05) is 30.6 Å². The van der Waals surface area contributed by atoms with Gasteiger partial charge in [-0.3, -0.25) is 4.79 Å². The Balaban J connectivity index is 1.51. The number of carbonyl (C=O) groups excluding carboxylic acids is 1. The smallest absolute Gasteiger partial charge is 0.226 e. The number of rotatable bonds is 2. The lowest BCUT2D eigenvalue weighted by atomic mass is 10.0. The lowest BCUT2D eigenvalue weighted by Crippen LogP contribution is -2.33. The zero-order valence-electron chi connectivity index (χ0n) is 11.8. The molecule has 20 heavy (non-hydrogen) atoms. The lowest BCUT2D eigenvalue weighted by Gasteiger charge is -2.23. The Bertz CT molecular complexity index is 533. The van der Waals surface area contributed by atoms with Gasteiger partial charge in [0.05, 0.1) is 18.3 Å². The average molecular weight is 276 g/mol. The summed E-state index contributed by atoms with van der Waals surface area (Å²) in [6.07, 6.45) is 4.08. The second-order valence-corrected chi connectivity index (χ2v) is 6.48. The molecule has 0 N–H and O–H groups in total. The Hall–Kier alpha value is -1.36. The van der Waals surface area contributed by atoms with Crippen molar-refractivity contribution in [3.63, 3.8) is 0 Å². The quantitative estimate of drug-likeness (QED) is 0.830. The third-order valence-corrected chi connectivity index (χ3v) is 5.13. The van der Waals surface area contributed by atoms with Gasteiger partial charge in [-0.2, -0.15) is 0 Å². The molecule has 2 saturated heterocycles. The molecule has 1 spiro atoms. The van der Waals surface area contributed by atoms with Crippen molar-refractivity contribution in [2.24, 2.45) is 11.3 Å². The Labute approximate surface area is 118 Å². The van der Waals surface area contributed by atoms with E-state index in [4.69, 9.17) is 9.26 Å². The topological polar surface area (TPSA) is 55.6 Å². The largest absolute Gasteiger partial charge is 0.381 e. The summed E-state index contributed by atoms with van der Waals surface area (Å²) in [4.78, 5) is 14.8. The fourth-order valence-electron chi connectivity index (χ4n) is 3.82. The molecular formula is C15H20N2O3. The van der Waals surface area contributed by atoms with Crippen molar-refractivity contribution in [3.8, 4) is 0 Å². The molecule has 3 aliphatic rings. The van der Waals surface area contributed by atoms with E-state index in [9.17, 15) is 4.79 Å². The van der Waals surface area contributed by atoms with Gasteiger partial charge >= 0.3 is 0 Å². The highest BCUT2D eigenvalue weighted by Gasteiger charge is 2.61. The number of hydrogen-bond acceptors (Lipinski definition) is 4. The van der Waals surface area contributed by atoms with Gasteiger partial charge in [-0.1, -0.05) is 5.16 Å². The van der Waals surface area contributed by atoms with Gasteiger partial charge in [-0.15, -0.1) is 0 Å². The van der Waals surface area contributed by atoms with Crippen molar-refractivity contribution in [2.75, 3.05) is 19.8 Å². The first kappa shape index (κ1) is 12.4. The maximum Gasteiger partial charge on any atom is 0.226 e. The Morgan fingerprint density at radius 2 is 2.45 bits per heavy atom. The summed E-state index contributed by atoms with van der Waals surface area (Å²) in [5, 5.41) is 3.95. The van der Waals surface area contributed by atoms with Gasteiger partial charge in [-0.05, 0) is 32.6 Å². The first-order valence-corrected chi connectivity index (χ1v) is 7.51. The number of amides is 1. The van der Waals surface area contributed by atoms with Crippen LogP contribution in [0.2, 0.25) is 0 Å². The molecule has 0 radical (unpaired) electrons. The van der Waals surface area contributed by atoms with Crippen LogP contribution in [0.15, 0.2) is 10.6 Å². The number of nitrogens with zero attached hydrogens (tertiary/aromatic N) is 2. The minimum atomic E-state index is 0.0867. The summed E-state index contributed by atoms with van der Waals surface area (Å²) in [6, 6.07) is 2.04. The maximum absolute atomic E-state index is 12.8. The van der Waals surface area contributed by atoms with Crippen LogP contribution in [0.3, 0.4) is 0 Å². The highest BCUT2D eigenvalue weighted by Crippen LogP contribution is 2.59. The standard InChI is InChI=1S/C15H20N2O3/c1-10-7-13(20-16-10)12-3-2-5-17(12)14(18)11-8-15(11)4-6-19-9-15/h7,11-12H,2-6,8-9H2,1H3. The summed E-state index contributed by atoms with van der Waals surface area (Å²) >= 11 is 0. The lowest BCUT2D eigenvalue weighted by molar-refractivity contribution is -0.134. The molecule has 5 heteroatoms. The van der Waals surface area contributed by atoms with Crippen molar-refractivity contribution in [1.29, 1.82) is 0 Å². The van der Waals surface area contributed by atoms with E-state index in [0.29, 0.717) is 5.91 Å². The molecule has 1 saturated carbocycles. The van der Waals surface area contributed by atoms with E-state index in [0.717, 1.165) is 56.9 Å². The predicted octanol–water partition coefficient (Wildman–Crippen LogP) is 2.07. The van der Waals surface area contributed by atoms with Crippen molar-refractivity contribution in [3.05, 3.63) is 17.5 Å². The summed E-state index contributed by atoms with van der Waals surface area (Å²) < 4.78 is 10.9. The van der Waals surface area contributed by atoms with E-state index in [2.05, 4.69) is 5.16 Å². The molecule has 2 aliphatic heterocycles. The first-order valence-electron chi connectivity index (χ1n) is 7.51. The van der Waals surface area contributed by atoms with Crippen LogP contribution >= 0.6 is 0 Å². The monoisotopic (exact) mass is 276 g/mol. The van der Waals surface area contributed by atoms with Crippen LogP contribution in [-0.2, 0) is 9.53 Å². The normalized spacial score (nSPS) is 36.0. The van der Waals surface area contributed by atoms with E-state index in [1.807, 2.05) is 17.9 Å². The second-order valence-electron chi connectivity index (χ2n) is 6.48. The molecule has 0 aromatic carbocycles. The van der Waals surface area contributed by atoms with Gasteiger partial charge in [0.1, 0.15) is 0 Å². The first-order chi connectivity index (χ1) is 9.70. The number of hydrogen-bond donors (Lipinski definition) is 0. The summed E-state index contributed by atoms with van der Waals surface area (Å²) in [5.41, 5.74) is 1.05.